The van der Waals surface area contributed by atoms with E-state index in [1.807, 2.05) is 0 Å². The molecule has 0 aromatic heterocycles. The zero-order valence-electron chi connectivity index (χ0n) is 49.7. The molecule has 0 amide bonds. The van der Waals surface area contributed by atoms with E-state index in [0.29, 0.717) is 38.5 Å². The highest BCUT2D eigenvalue weighted by Crippen LogP contribution is 2.76. The van der Waals surface area contributed by atoms with Gasteiger partial charge in [-0.25, -0.2) is 0 Å². The summed E-state index contributed by atoms with van der Waals surface area (Å²) < 4.78 is 59.6. The van der Waals surface area contributed by atoms with Crippen molar-refractivity contribution in [2.24, 2.45) is 50.2 Å². The van der Waals surface area contributed by atoms with Gasteiger partial charge in [0, 0.05) is 0 Å². The van der Waals surface area contributed by atoms with Crippen LogP contribution in [0.2, 0.25) is 0 Å². The fraction of sp³-hybridized carbons (Fsp3) is 0.949. The second-order valence-electron chi connectivity index (χ2n) is 28.6. The number of carbonyl (C=O) groups is 1. The van der Waals surface area contributed by atoms with E-state index in [-0.39, 0.29) is 52.1 Å². The van der Waals surface area contributed by atoms with Crippen LogP contribution in [0.4, 0.5) is 0 Å². The van der Waals surface area contributed by atoms with E-state index in [9.17, 15) is 71.5 Å². The van der Waals surface area contributed by atoms with Crippen LogP contribution in [-0.2, 0) is 52.2 Å². The lowest BCUT2D eigenvalue weighted by molar-refractivity contribution is -0.364. The fourth-order valence-corrected chi connectivity index (χ4v) is 17.5. The molecule has 0 unspecified atom stereocenters. The lowest BCUT2D eigenvalue weighted by Crippen LogP contribution is -2.66. The SMILES string of the molecule is C[C@@H]1O[C@@H](O[C@@H]2[C@@H](O[C@H]3CC[C@]4(C)[C@H]5CC=C6[C@@H]7CC(C)(C)CC[C@]7(C(=O)O[C@@H]7O[C@H](CO[C@@H]8O[C@H](CO)[C@@H](O[C@@H]9O[C@@H](C)[C@H](O)[C@@H](O)[C@H]9O)[C@H](O)[C@H]8O)[C@@H](O)[C@H](O)[C@H]7O)CC[C@@]6(C)[C@]5(C)CC[C@H]4C3(C)C)OC[C@@H](O)[C@H]2O)[C@H](O)[C@H](O)[C@H]1O. The molecule has 5 aliphatic carbocycles. The maximum atomic E-state index is 15.2. The van der Waals surface area contributed by atoms with E-state index < -0.39 is 177 Å². The van der Waals surface area contributed by atoms with Crippen LogP contribution in [0.3, 0.4) is 0 Å². The van der Waals surface area contributed by atoms with Crippen LogP contribution < -0.4 is 0 Å². The van der Waals surface area contributed by atoms with Gasteiger partial charge in [0.15, 0.2) is 25.2 Å². The Hall–Kier alpha value is -1.71. The lowest BCUT2D eigenvalue weighted by atomic mass is 9.33. The van der Waals surface area contributed by atoms with Crippen LogP contribution in [-0.4, -0.2) is 251 Å². The first kappa shape index (κ1) is 65.2. The molecule has 10 aliphatic rings. The molecule has 25 heteroatoms. The van der Waals surface area contributed by atoms with Crippen molar-refractivity contribution in [3.63, 3.8) is 0 Å². The second-order valence-corrected chi connectivity index (χ2v) is 28.6. The van der Waals surface area contributed by atoms with Crippen molar-refractivity contribution in [1.29, 1.82) is 0 Å². The molecule has 0 bridgehead atoms. The monoisotopic (exact) mass is 1200 g/mol. The number of carbonyl (C=O) groups excluding carboxylic acids is 1. The molecular formula is C59H96O25. The van der Waals surface area contributed by atoms with Crippen molar-refractivity contribution in [2.75, 3.05) is 19.8 Å². The van der Waals surface area contributed by atoms with E-state index in [1.165, 1.54) is 19.4 Å². The van der Waals surface area contributed by atoms with Crippen LogP contribution in [0.5, 0.6) is 0 Å². The summed E-state index contributed by atoms with van der Waals surface area (Å²) in [7, 11) is 0. The molecule has 0 radical (unpaired) electrons. The van der Waals surface area contributed by atoms with Gasteiger partial charge >= 0.3 is 5.97 Å². The minimum Gasteiger partial charge on any atom is -0.432 e. The van der Waals surface area contributed by atoms with Gasteiger partial charge in [0.1, 0.15) is 104 Å². The molecule has 10 rings (SSSR count). The highest BCUT2D eigenvalue weighted by molar-refractivity contribution is 5.79. The quantitative estimate of drug-likeness (QED) is 0.0600. The molecule has 32 atom stereocenters. The molecule has 0 aromatic rings. The first-order valence-electron chi connectivity index (χ1n) is 30.5. The molecule has 0 spiro atoms. The third-order valence-electron chi connectivity index (χ3n) is 23.0. The van der Waals surface area contributed by atoms with Crippen molar-refractivity contribution in [2.45, 2.75) is 280 Å². The van der Waals surface area contributed by atoms with Gasteiger partial charge < -0.3 is 119 Å². The third kappa shape index (κ3) is 10.9. The molecule has 84 heavy (non-hydrogen) atoms. The van der Waals surface area contributed by atoms with Gasteiger partial charge in [-0.3, -0.25) is 4.79 Å². The molecule has 5 heterocycles. The molecule has 5 saturated heterocycles. The van der Waals surface area contributed by atoms with Crippen LogP contribution >= 0.6 is 0 Å². The maximum Gasteiger partial charge on any atom is 0.315 e. The Kier molecular flexibility index (Phi) is 18.5. The molecule has 0 aromatic carbocycles. The number of allylic oxidation sites excluding steroid dienone is 2. The number of rotatable bonds is 12. The van der Waals surface area contributed by atoms with Crippen LogP contribution in [0.25, 0.3) is 0 Å². The Morgan fingerprint density at radius 3 is 1.76 bits per heavy atom. The number of ether oxygens (including phenoxy) is 10. The second kappa shape index (κ2) is 23.8. The predicted molar refractivity (Wildman–Crippen MR) is 287 cm³/mol. The zero-order valence-corrected chi connectivity index (χ0v) is 49.7. The molecule has 5 aliphatic heterocycles. The number of hydrogen-bond donors (Lipinski definition) is 14. The van der Waals surface area contributed by atoms with Crippen molar-refractivity contribution < 1.29 is 124 Å². The van der Waals surface area contributed by atoms with E-state index in [0.717, 1.165) is 25.7 Å². The highest BCUT2D eigenvalue weighted by Gasteiger charge is 2.70. The van der Waals surface area contributed by atoms with E-state index in [4.69, 9.17) is 47.4 Å². The smallest absolute Gasteiger partial charge is 0.315 e. The lowest BCUT2D eigenvalue weighted by Gasteiger charge is -2.71. The van der Waals surface area contributed by atoms with Crippen molar-refractivity contribution in [3.05, 3.63) is 11.6 Å². The minimum absolute atomic E-state index is 0.150. The fourth-order valence-electron chi connectivity index (χ4n) is 17.5. The standard InChI is InChI=1S/C59H96O25/c1-24-34(62)38(66)42(70)49(77-24)82-46-29(21-60)79-48(45(73)41(46)69)76-23-30-37(65)40(68)44(72)51(80-30)84-53(74)59-18-16-54(3,4)20-27(59)26-10-11-32-56(7)14-13-33(55(5,6)31(56)12-15-58(32,9)57(26,8)17-19-59)81-52-47(36(64)28(61)22-75-52)83-50-43(71)39(67)35(63)25(2)78-50/h10,24-25,27-52,60-73H,11-23H2,1-9H3/t24-,25-,27-,28+,29+,30+,31-,32+,33-,34-,35-,36+,37+,38+,39+,40-,41+,42+,43+,44+,45+,46+,47-,48+,49-,50-,51-,52+,56-,57+,58+,59-/m0/s1. The van der Waals surface area contributed by atoms with Gasteiger partial charge in [-0.1, -0.05) is 60.1 Å². The first-order valence-corrected chi connectivity index (χ1v) is 30.5. The Labute approximate surface area is 490 Å². The Morgan fingerprint density at radius 1 is 0.560 bits per heavy atom. The summed E-state index contributed by atoms with van der Waals surface area (Å²) in [5.41, 5.74) is -1.12. The summed E-state index contributed by atoms with van der Waals surface area (Å²) in [4.78, 5) is 15.2. The molecule has 482 valence electrons. The molecule has 25 nitrogen and oxygen atoms in total. The first-order chi connectivity index (χ1) is 39.3. The van der Waals surface area contributed by atoms with Gasteiger partial charge in [0.25, 0.3) is 0 Å². The number of esters is 1. The largest absolute Gasteiger partial charge is 0.432 e. The number of fused-ring (bicyclic) bond motifs is 7. The van der Waals surface area contributed by atoms with Crippen LogP contribution in [0, 0.1) is 50.2 Å². The van der Waals surface area contributed by atoms with E-state index >= 15 is 4.79 Å². The Bertz CT molecular complexity index is 2340. The van der Waals surface area contributed by atoms with Crippen LogP contribution in [0.15, 0.2) is 11.6 Å². The average molecular weight is 1210 g/mol. The van der Waals surface area contributed by atoms with Crippen molar-refractivity contribution >= 4 is 5.97 Å². The van der Waals surface area contributed by atoms with Crippen LogP contribution in [0.1, 0.15) is 127 Å². The van der Waals surface area contributed by atoms with E-state index in [1.54, 1.807) is 0 Å². The van der Waals surface area contributed by atoms with E-state index in [2.05, 4.69) is 54.5 Å². The predicted octanol–water partition coefficient (Wildman–Crippen LogP) is -1.52. The average Bonchev–Trinajstić information content (AvgIpc) is 0.705. The van der Waals surface area contributed by atoms with Gasteiger partial charge in [-0.2, -0.15) is 0 Å². The minimum atomic E-state index is -1.88. The summed E-state index contributed by atoms with van der Waals surface area (Å²) in [6, 6.07) is 0. The molecular weight excluding hydrogens is 1110 g/mol. The van der Waals surface area contributed by atoms with Gasteiger partial charge in [0.2, 0.25) is 6.29 Å². The van der Waals surface area contributed by atoms with Gasteiger partial charge in [-0.15, -0.1) is 0 Å². The summed E-state index contributed by atoms with van der Waals surface area (Å²) >= 11 is 0. The Balaban J connectivity index is 0.824. The van der Waals surface area contributed by atoms with Gasteiger partial charge in [-0.05, 0) is 123 Å². The molecule has 4 saturated carbocycles. The normalized spacial score (nSPS) is 54.6. The number of aliphatic hydroxyl groups excluding tert-OH is 14. The summed E-state index contributed by atoms with van der Waals surface area (Å²) in [5, 5.41) is 151. The summed E-state index contributed by atoms with van der Waals surface area (Å²) in [5.74, 6) is -0.449. The zero-order chi connectivity index (χ0) is 61.3. The van der Waals surface area contributed by atoms with Crippen molar-refractivity contribution in [3.8, 4) is 0 Å². The number of hydrogen-bond acceptors (Lipinski definition) is 25. The number of aliphatic hydroxyl groups is 14. The summed E-state index contributed by atoms with van der Waals surface area (Å²) in [6.45, 7) is 17.3. The van der Waals surface area contributed by atoms with Crippen molar-refractivity contribution in [1.82, 2.24) is 0 Å². The van der Waals surface area contributed by atoms with Gasteiger partial charge in [0.05, 0.1) is 43.5 Å². The maximum absolute atomic E-state index is 15.2. The molecule has 9 fully saturated rings. The summed E-state index contributed by atoms with van der Waals surface area (Å²) in [6.07, 6.45) is -27.9. The highest BCUT2D eigenvalue weighted by atomic mass is 16.8. The topological polar surface area (TPSA) is 393 Å². The third-order valence-corrected chi connectivity index (χ3v) is 23.0. The Morgan fingerprint density at radius 2 is 1.13 bits per heavy atom. The molecule has 14 N–H and O–H groups in total.